The van der Waals surface area contributed by atoms with Crippen LogP contribution in [-0.2, 0) is 11.2 Å². The number of nitrogens with zero attached hydrogens (tertiary/aromatic N) is 2. The summed E-state index contributed by atoms with van der Waals surface area (Å²) < 4.78 is 12.9. The standard InChI is InChI=1S/C27H29FN2O2/c1-4-27(32)30(18-19(2)3)24-13-11-22(12-14-24)21-7-9-23(10-8-21)25(31)15-5-20-6-16-26(28)29-17-20/h6-14,16-17,19H,4-5,15,18H2,1-3H3. The number of halogens is 1. The van der Waals surface area contributed by atoms with Gasteiger partial charge in [-0.1, -0.05) is 63.2 Å². The topological polar surface area (TPSA) is 50.3 Å². The Morgan fingerprint density at radius 2 is 1.56 bits per heavy atom. The molecule has 3 rings (SSSR count). The van der Waals surface area contributed by atoms with Gasteiger partial charge >= 0.3 is 0 Å². The zero-order chi connectivity index (χ0) is 23.1. The molecule has 0 bridgehead atoms. The monoisotopic (exact) mass is 432 g/mol. The smallest absolute Gasteiger partial charge is 0.226 e. The van der Waals surface area contributed by atoms with Crippen LogP contribution in [0.25, 0.3) is 11.1 Å². The Hall–Kier alpha value is -3.34. The minimum Gasteiger partial charge on any atom is -0.312 e. The van der Waals surface area contributed by atoms with Crippen molar-refractivity contribution in [2.45, 2.75) is 40.0 Å². The van der Waals surface area contributed by atoms with Gasteiger partial charge in [0.05, 0.1) is 0 Å². The molecule has 166 valence electrons. The molecule has 2 aromatic carbocycles. The number of anilines is 1. The summed E-state index contributed by atoms with van der Waals surface area (Å²) in [5.74, 6) is 0.0206. The van der Waals surface area contributed by atoms with Crippen molar-refractivity contribution in [2.24, 2.45) is 5.92 Å². The van der Waals surface area contributed by atoms with Crippen LogP contribution < -0.4 is 4.90 Å². The highest BCUT2D eigenvalue weighted by Gasteiger charge is 2.15. The number of hydrogen-bond acceptors (Lipinski definition) is 3. The molecule has 1 heterocycles. The van der Waals surface area contributed by atoms with Crippen molar-refractivity contribution in [3.63, 3.8) is 0 Å². The summed E-state index contributed by atoms with van der Waals surface area (Å²) >= 11 is 0. The minimum absolute atomic E-state index is 0.0404. The second kappa shape index (κ2) is 10.8. The second-order valence-electron chi connectivity index (χ2n) is 8.29. The van der Waals surface area contributed by atoms with Gasteiger partial charge in [-0.2, -0.15) is 4.39 Å². The first-order chi connectivity index (χ1) is 15.4. The SMILES string of the molecule is CCC(=O)N(CC(C)C)c1ccc(-c2ccc(C(=O)CCc3ccc(F)nc3)cc2)cc1. The number of pyridine rings is 1. The van der Waals surface area contributed by atoms with E-state index in [0.717, 1.165) is 22.4 Å². The fourth-order valence-electron chi connectivity index (χ4n) is 3.55. The predicted octanol–water partition coefficient (Wildman–Crippen LogP) is 6.10. The third-order valence-electron chi connectivity index (χ3n) is 5.30. The van der Waals surface area contributed by atoms with Crippen LogP contribution in [0, 0.1) is 11.9 Å². The molecule has 0 atom stereocenters. The lowest BCUT2D eigenvalue weighted by molar-refractivity contribution is -0.118. The maximum atomic E-state index is 12.9. The van der Waals surface area contributed by atoms with Crippen molar-refractivity contribution in [1.82, 2.24) is 4.98 Å². The molecule has 0 fully saturated rings. The van der Waals surface area contributed by atoms with E-state index in [1.54, 1.807) is 6.07 Å². The van der Waals surface area contributed by atoms with Crippen LogP contribution in [0.2, 0.25) is 0 Å². The summed E-state index contributed by atoms with van der Waals surface area (Å²) in [4.78, 5) is 30.3. The van der Waals surface area contributed by atoms with E-state index in [1.807, 2.05) is 60.4 Å². The van der Waals surface area contributed by atoms with Crippen LogP contribution in [0.5, 0.6) is 0 Å². The molecule has 0 N–H and O–H groups in total. The maximum absolute atomic E-state index is 12.9. The van der Waals surface area contributed by atoms with Gasteiger partial charge in [0.15, 0.2) is 5.78 Å². The number of aryl methyl sites for hydroxylation is 1. The zero-order valence-electron chi connectivity index (χ0n) is 18.8. The van der Waals surface area contributed by atoms with Crippen molar-refractivity contribution in [1.29, 1.82) is 0 Å². The summed E-state index contributed by atoms with van der Waals surface area (Å²) in [6, 6.07) is 18.4. The summed E-state index contributed by atoms with van der Waals surface area (Å²) in [6.07, 6.45) is 2.81. The molecule has 0 unspecified atom stereocenters. The van der Waals surface area contributed by atoms with Crippen molar-refractivity contribution in [3.8, 4) is 11.1 Å². The van der Waals surface area contributed by atoms with Gasteiger partial charge in [-0.25, -0.2) is 4.98 Å². The normalized spacial score (nSPS) is 10.9. The highest BCUT2D eigenvalue weighted by molar-refractivity contribution is 5.96. The van der Waals surface area contributed by atoms with Gasteiger partial charge in [0.25, 0.3) is 0 Å². The molecule has 4 nitrogen and oxygen atoms in total. The highest BCUT2D eigenvalue weighted by atomic mass is 19.1. The average Bonchev–Trinajstić information content (AvgIpc) is 2.81. The lowest BCUT2D eigenvalue weighted by Gasteiger charge is -2.24. The van der Waals surface area contributed by atoms with Crippen molar-refractivity contribution >= 4 is 17.4 Å². The molecule has 0 radical (unpaired) electrons. The second-order valence-corrected chi connectivity index (χ2v) is 8.29. The van der Waals surface area contributed by atoms with E-state index in [0.29, 0.717) is 37.3 Å². The fraction of sp³-hybridized carbons (Fsp3) is 0.296. The summed E-state index contributed by atoms with van der Waals surface area (Å²) in [6.45, 7) is 6.77. The molecule has 0 aliphatic heterocycles. The first-order valence-electron chi connectivity index (χ1n) is 11.0. The van der Waals surface area contributed by atoms with Crippen LogP contribution >= 0.6 is 0 Å². The third kappa shape index (κ3) is 6.10. The summed E-state index contributed by atoms with van der Waals surface area (Å²) in [7, 11) is 0. The Morgan fingerprint density at radius 1 is 0.938 bits per heavy atom. The van der Waals surface area contributed by atoms with E-state index in [9.17, 15) is 14.0 Å². The third-order valence-corrected chi connectivity index (χ3v) is 5.30. The Balaban J connectivity index is 1.66. The average molecular weight is 433 g/mol. The lowest BCUT2D eigenvalue weighted by atomic mass is 9.99. The number of aromatic nitrogens is 1. The van der Waals surface area contributed by atoms with Crippen LogP contribution in [0.1, 0.15) is 49.5 Å². The number of Topliss-reactive ketones (excluding diaryl/α,β-unsaturated/α-hetero) is 1. The predicted molar refractivity (Wildman–Crippen MR) is 126 cm³/mol. The molecule has 0 saturated carbocycles. The number of ketones is 1. The Bertz CT molecular complexity index is 1040. The minimum atomic E-state index is -0.520. The number of benzene rings is 2. The molecule has 5 heteroatoms. The molecule has 1 aromatic heterocycles. The van der Waals surface area contributed by atoms with Crippen LogP contribution in [0.4, 0.5) is 10.1 Å². The molecule has 1 amide bonds. The molecular weight excluding hydrogens is 403 g/mol. The molecular formula is C27H29FN2O2. The van der Waals surface area contributed by atoms with E-state index in [-0.39, 0.29) is 11.7 Å². The number of carbonyl (C=O) groups excluding carboxylic acids is 2. The van der Waals surface area contributed by atoms with E-state index < -0.39 is 5.95 Å². The maximum Gasteiger partial charge on any atom is 0.226 e. The zero-order valence-corrected chi connectivity index (χ0v) is 18.8. The Kier molecular flexibility index (Phi) is 7.87. The summed E-state index contributed by atoms with van der Waals surface area (Å²) in [5.41, 5.74) is 4.42. The quantitative estimate of drug-likeness (QED) is 0.303. The first kappa shape index (κ1) is 23.3. The van der Waals surface area contributed by atoms with E-state index in [4.69, 9.17) is 0 Å². The van der Waals surface area contributed by atoms with Crippen LogP contribution in [0.3, 0.4) is 0 Å². The van der Waals surface area contributed by atoms with Crippen molar-refractivity contribution < 1.29 is 14.0 Å². The lowest BCUT2D eigenvalue weighted by Crippen LogP contribution is -2.33. The van der Waals surface area contributed by atoms with E-state index in [1.165, 1.54) is 12.3 Å². The van der Waals surface area contributed by atoms with Crippen molar-refractivity contribution in [2.75, 3.05) is 11.4 Å². The van der Waals surface area contributed by atoms with Gasteiger partial charge < -0.3 is 4.90 Å². The molecule has 3 aromatic rings. The molecule has 0 spiro atoms. The number of carbonyl (C=O) groups is 2. The van der Waals surface area contributed by atoms with Crippen molar-refractivity contribution in [3.05, 3.63) is 83.9 Å². The van der Waals surface area contributed by atoms with Gasteiger partial charge in [-0.05, 0) is 47.2 Å². The van der Waals surface area contributed by atoms with Crippen LogP contribution in [-0.4, -0.2) is 23.2 Å². The fourth-order valence-corrected chi connectivity index (χ4v) is 3.55. The highest BCUT2D eigenvalue weighted by Crippen LogP contribution is 2.25. The van der Waals surface area contributed by atoms with Gasteiger partial charge in [-0.3, -0.25) is 9.59 Å². The van der Waals surface area contributed by atoms with Gasteiger partial charge in [0.1, 0.15) is 0 Å². The number of hydrogen-bond donors (Lipinski definition) is 0. The Morgan fingerprint density at radius 3 is 2.09 bits per heavy atom. The van der Waals surface area contributed by atoms with Gasteiger partial charge in [0, 0.05) is 36.8 Å². The molecule has 0 aliphatic carbocycles. The van der Waals surface area contributed by atoms with Crippen LogP contribution in [0.15, 0.2) is 66.9 Å². The van der Waals surface area contributed by atoms with E-state index >= 15 is 0 Å². The van der Waals surface area contributed by atoms with E-state index in [2.05, 4.69) is 18.8 Å². The summed E-state index contributed by atoms with van der Waals surface area (Å²) in [5, 5.41) is 0. The number of amides is 1. The largest absolute Gasteiger partial charge is 0.312 e. The Labute approximate surface area is 189 Å². The van der Waals surface area contributed by atoms with Gasteiger partial charge in [0.2, 0.25) is 11.9 Å². The molecule has 0 aliphatic rings. The van der Waals surface area contributed by atoms with Gasteiger partial charge in [-0.15, -0.1) is 0 Å². The number of rotatable bonds is 9. The molecule has 0 saturated heterocycles. The first-order valence-corrected chi connectivity index (χ1v) is 11.0. The molecule has 32 heavy (non-hydrogen) atoms.